The van der Waals surface area contributed by atoms with Gasteiger partial charge in [-0.1, -0.05) is 0 Å². The summed E-state index contributed by atoms with van der Waals surface area (Å²) in [6.07, 6.45) is 0.352. The molecule has 1 amide bonds. The molecule has 1 atom stereocenters. The lowest BCUT2D eigenvalue weighted by atomic mass is 10.2. The smallest absolute Gasteiger partial charge is 0.408 e. The van der Waals surface area contributed by atoms with E-state index in [9.17, 15) is 9.59 Å². The zero-order chi connectivity index (χ0) is 11.9. The van der Waals surface area contributed by atoms with Crippen molar-refractivity contribution >= 4 is 12.4 Å². The molecular weight excluding hydrogens is 194 g/mol. The van der Waals surface area contributed by atoms with Crippen molar-refractivity contribution in [3.63, 3.8) is 0 Å². The first-order valence-electron chi connectivity index (χ1n) is 4.73. The maximum atomic E-state index is 11.3. The van der Waals surface area contributed by atoms with Gasteiger partial charge in [0, 0.05) is 6.42 Å². The van der Waals surface area contributed by atoms with Crippen LogP contribution < -0.4 is 5.32 Å². The van der Waals surface area contributed by atoms with E-state index in [0.717, 1.165) is 0 Å². The van der Waals surface area contributed by atoms with Gasteiger partial charge >= 0.3 is 6.09 Å². The summed E-state index contributed by atoms with van der Waals surface area (Å²) in [7, 11) is 0. The molecule has 4 nitrogen and oxygen atoms in total. The van der Waals surface area contributed by atoms with Crippen molar-refractivity contribution in [3.8, 4) is 11.8 Å². The molecule has 0 spiro atoms. The maximum absolute atomic E-state index is 11.3. The molecular formula is C11H17NO3. The molecule has 0 aliphatic rings. The number of ether oxygens (including phenoxy) is 1. The number of hydrogen-bond acceptors (Lipinski definition) is 3. The van der Waals surface area contributed by atoms with Crippen LogP contribution in [0.1, 0.15) is 34.1 Å². The fourth-order valence-corrected chi connectivity index (χ4v) is 0.804. The number of hydrogen-bond donors (Lipinski definition) is 1. The third-order valence-electron chi connectivity index (χ3n) is 1.37. The Bertz CT molecular complexity index is 280. The van der Waals surface area contributed by atoms with Crippen LogP contribution in [0.2, 0.25) is 0 Å². The number of alkyl carbamates (subject to hydrolysis) is 1. The number of carbonyl (C=O) groups excluding carboxylic acids is 2. The fourth-order valence-electron chi connectivity index (χ4n) is 0.804. The third-order valence-corrected chi connectivity index (χ3v) is 1.37. The fraction of sp³-hybridized carbons (Fsp3) is 0.636. The van der Waals surface area contributed by atoms with Crippen LogP contribution >= 0.6 is 0 Å². The summed E-state index contributed by atoms with van der Waals surface area (Å²) in [5.74, 6) is 5.37. The Kier molecular flexibility index (Phi) is 5.46. The van der Waals surface area contributed by atoms with E-state index in [1.165, 1.54) is 0 Å². The molecule has 0 aromatic heterocycles. The third kappa shape index (κ3) is 7.56. The number of nitrogens with one attached hydrogen (secondary N) is 1. The van der Waals surface area contributed by atoms with Gasteiger partial charge in [0.1, 0.15) is 11.9 Å². The van der Waals surface area contributed by atoms with E-state index in [0.29, 0.717) is 12.7 Å². The van der Waals surface area contributed by atoms with Crippen LogP contribution in [0.5, 0.6) is 0 Å². The quantitative estimate of drug-likeness (QED) is 0.568. The van der Waals surface area contributed by atoms with E-state index in [2.05, 4.69) is 17.2 Å². The average molecular weight is 211 g/mol. The summed E-state index contributed by atoms with van der Waals surface area (Å²) >= 11 is 0. The molecule has 0 aliphatic carbocycles. The second kappa shape index (κ2) is 6.07. The molecule has 1 N–H and O–H groups in total. The van der Waals surface area contributed by atoms with Crippen molar-refractivity contribution in [3.05, 3.63) is 0 Å². The Hall–Kier alpha value is -1.50. The first-order valence-corrected chi connectivity index (χ1v) is 4.73. The van der Waals surface area contributed by atoms with E-state index in [1.54, 1.807) is 27.7 Å². The minimum Gasteiger partial charge on any atom is -0.444 e. The van der Waals surface area contributed by atoms with Crippen molar-refractivity contribution in [2.45, 2.75) is 45.8 Å². The standard InChI is InChI=1S/C11H17NO3/c1-5-6-7-9(8-13)12-10(14)15-11(2,3)4/h8-9H,7H2,1-4H3,(H,12,14)/t9-/m0/s1. The van der Waals surface area contributed by atoms with E-state index < -0.39 is 17.7 Å². The highest BCUT2D eigenvalue weighted by atomic mass is 16.6. The first kappa shape index (κ1) is 13.5. The van der Waals surface area contributed by atoms with Gasteiger partial charge in [-0.25, -0.2) is 4.79 Å². The Labute approximate surface area is 90.4 Å². The molecule has 84 valence electrons. The summed E-state index contributed by atoms with van der Waals surface area (Å²) in [5.41, 5.74) is -0.562. The SMILES string of the molecule is CC#CC[C@@H](C=O)NC(=O)OC(C)(C)C. The van der Waals surface area contributed by atoms with Gasteiger partial charge < -0.3 is 14.8 Å². The van der Waals surface area contributed by atoms with Crippen molar-refractivity contribution in [2.75, 3.05) is 0 Å². The van der Waals surface area contributed by atoms with Crippen molar-refractivity contribution in [1.29, 1.82) is 0 Å². The molecule has 0 fully saturated rings. The summed E-state index contributed by atoms with van der Waals surface area (Å²) in [5, 5.41) is 2.43. The zero-order valence-corrected chi connectivity index (χ0v) is 9.59. The molecule has 0 heterocycles. The molecule has 4 heteroatoms. The Morgan fingerprint density at radius 3 is 2.53 bits per heavy atom. The van der Waals surface area contributed by atoms with Gasteiger partial charge in [0.25, 0.3) is 0 Å². The van der Waals surface area contributed by atoms with Gasteiger partial charge in [0.15, 0.2) is 0 Å². The number of amides is 1. The highest BCUT2D eigenvalue weighted by Crippen LogP contribution is 2.06. The topological polar surface area (TPSA) is 55.4 Å². The summed E-state index contributed by atoms with van der Waals surface area (Å²) in [6.45, 7) is 6.95. The molecule has 0 saturated heterocycles. The van der Waals surface area contributed by atoms with E-state index in [1.807, 2.05) is 0 Å². The normalized spacial score (nSPS) is 12.0. The summed E-state index contributed by atoms with van der Waals surface area (Å²) in [4.78, 5) is 21.8. The minimum atomic E-state index is -0.604. The van der Waals surface area contributed by atoms with Crippen LogP contribution in [0.3, 0.4) is 0 Å². The van der Waals surface area contributed by atoms with Crippen LogP contribution in [-0.2, 0) is 9.53 Å². The van der Waals surface area contributed by atoms with Crippen molar-refractivity contribution in [1.82, 2.24) is 5.32 Å². The van der Waals surface area contributed by atoms with E-state index >= 15 is 0 Å². The minimum absolute atomic E-state index is 0.305. The Balaban J connectivity index is 4.11. The van der Waals surface area contributed by atoms with Gasteiger partial charge in [-0.15, -0.1) is 11.8 Å². The lowest BCUT2D eigenvalue weighted by Gasteiger charge is -2.20. The first-order chi connectivity index (χ1) is 6.89. The number of aldehydes is 1. The Morgan fingerprint density at radius 2 is 2.13 bits per heavy atom. The zero-order valence-electron chi connectivity index (χ0n) is 9.59. The second-order valence-corrected chi connectivity index (χ2v) is 4.02. The lowest BCUT2D eigenvalue weighted by molar-refractivity contribution is -0.109. The van der Waals surface area contributed by atoms with Crippen LogP contribution in [0.4, 0.5) is 4.79 Å². The summed E-state index contributed by atoms with van der Waals surface area (Å²) < 4.78 is 4.99. The van der Waals surface area contributed by atoms with E-state index in [-0.39, 0.29) is 0 Å². The molecule has 0 saturated carbocycles. The predicted molar refractivity (Wildman–Crippen MR) is 57.3 cm³/mol. The van der Waals surface area contributed by atoms with Crippen molar-refractivity contribution < 1.29 is 14.3 Å². The highest BCUT2D eigenvalue weighted by molar-refractivity contribution is 5.73. The highest BCUT2D eigenvalue weighted by Gasteiger charge is 2.18. The molecule has 15 heavy (non-hydrogen) atoms. The van der Waals surface area contributed by atoms with E-state index in [4.69, 9.17) is 4.74 Å². The van der Waals surface area contributed by atoms with Crippen molar-refractivity contribution in [2.24, 2.45) is 0 Å². The van der Waals surface area contributed by atoms with Gasteiger partial charge in [-0.3, -0.25) is 0 Å². The van der Waals surface area contributed by atoms with Crippen LogP contribution in [-0.4, -0.2) is 24.0 Å². The van der Waals surface area contributed by atoms with Crippen LogP contribution in [0.25, 0.3) is 0 Å². The van der Waals surface area contributed by atoms with Gasteiger partial charge in [0.05, 0.1) is 6.04 Å². The molecule has 0 radical (unpaired) electrons. The number of carbonyl (C=O) groups is 2. The molecule has 0 aliphatic heterocycles. The molecule has 0 aromatic rings. The average Bonchev–Trinajstić information content (AvgIpc) is 2.09. The van der Waals surface area contributed by atoms with Crippen LogP contribution in [0, 0.1) is 11.8 Å². The predicted octanol–water partition coefficient (Wildman–Crippen LogP) is 1.49. The molecule has 0 rings (SSSR count). The largest absolute Gasteiger partial charge is 0.444 e. The van der Waals surface area contributed by atoms with Gasteiger partial charge in [-0.05, 0) is 27.7 Å². The van der Waals surface area contributed by atoms with Gasteiger partial charge in [0.2, 0.25) is 0 Å². The second-order valence-electron chi connectivity index (χ2n) is 4.02. The van der Waals surface area contributed by atoms with Crippen LogP contribution in [0.15, 0.2) is 0 Å². The Morgan fingerprint density at radius 1 is 1.53 bits per heavy atom. The summed E-state index contributed by atoms with van der Waals surface area (Å²) in [6, 6.07) is -0.604. The lowest BCUT2D eigenvalue weighted by Crippen LogP contribution is -2.39. The molecule has 0 unspecified atom stereocenters. The van der Waals surface area contributed by atoms with Gasteiger partial charge in [-0.2, -0.15) is 0 Å². The molecule has 0 bridgehead atoms. The number of rotatable bonds is 3. The maximum Gasteiger partial charge on any atom is 0.408 e. The molecule has 0 aromatic carbocycles. The monoisotopic (exact) mass is 211 g/mol.